The average Bonchev–Trinajstić information content (AvgIpc) is 2.25. The van der Waals surface area contributed by atoms with Crippen LogP contribution in [-0.2, 0) is 0 Å². The Morgan fingerprint density at radius 2 is 2.07 bits per heavy atom. The van der Waals surface area contributed by atoms with Crippen molar-refractivity contribution in [3.05, 3.63) is 0 Å². The standard InChI is InChI=1S/C13H28N2/c1-5-6-7-15-9-12(11(2)3)8-13(10-15)14-4/h11-14H,5-10H2,1-4H3. The zero-order valence-electron chi connectivity index (χ0n) is 10.9. The molecule has 0 saturated carbocycles. The van der Waals surface area contributed by atoms with Crippen molar-refractivity contribution in [2.75, 3.05) is 26.7 Å². The lowest BCUT2D eigenvalue weighted by Crippen LogP contribution is -2.49. The van der Waals surface area contributed by atoms with Gasteiger partial charge in [-0.1, -0.05) is 27.2 Å². The molecule has 0 aliphatic carbocycles. The zero-order chi connectivity index (χ0) is 11.3. The smallest absolute Gasteiger partial charge is 0.0195 e. The van der Waals surface area contributed by atoms with Crippen LogP contribution in [0, 0.1) is 11.8 Å². The van der Waals surface area contributed by atoms with Crippen molar-refractivity contribution in [3.8, 4) is 0 Å². The molecule has 2 nitrogen and oxygen atoms in total. The van der Waals surface area contributed by atoms with E-state index in [1.54, 1.807) is 0 Å². The Labute approximate surface area is 95.4 Å². The van der Waals surface area contributed by atoms with E-state index in [0.717, 1.165) is 11.8 Å². The summed E-state index contributed by atoms with van der Waals surface area (Å²) in [6.07, 6.45) is 4.02. The van der Waals surface area contributed by atoms with Crippen LogP contribution in [0.5, 0.6) is 0 Å². The summed E-state index contributed by atoms with van der Waals surface area (Å²) in [4.78, 5) is 2.65. The third-order valence-electron chi connectivity index (χ3n) is 3.74. The van der Waals surface area contributed by atoms with Gasteiger partial charge in [0.25, 0.3) is 0 Å². The molecule has 15 heavy (non-hydrogen) atoms. The summed E-state index contributed by atoms with van der Waals surface area (Å²) in [5.41, 5.74) is 0. The van der Waals surface area contributed by atoms with Gasteiger partial charge < -0.3 is 10.2 Å². The molecule has 0 radical (unpaired) electrons. The van der Waals surface area contributed by atoms with E-state index in [1.165, 1.54) is 38.9 Å². The second-order valence-corrected chi connectivity index (χ2v) is 5.34. The Hall–Kier alpha value is -0.0800. The van der Waals surface area contributed by atoms with Crippen molar-refractivity contribution in [1.29, 1.82) is 0 Å². The predicted molar refractivity (Wildman–Crippen MR) is 67.1 cm³/mol. The fraction of sp³-hybridized carbons (Fsp3) is 1.00. The molecule has 0 aromatic rings. The van der Waals surface area contributed by atoms with E-state index >= 15 is 0 Å². The number of unbranched alkanes of at least 4 members (excludes halogenated alkanes) is 1. The Kier molecular flexibility index (Phi) is 5.62. The topological polar surface area (TPSA) is 15.3 Å². The van der Waals surface area contributed by atoms with Crippen LogP contribution in [0.4, 0.5) is 0 Å². The Bertz CT molecular complexity index is 168. The first-order chi connectivity index (χ1) is 7.17. The van der Waals surface area contributed by atoms with Gasteiger partial charge >= 0.3 is 0 Å². The number of nitrogens with one attached hydrogen (secondary N) is 1. The van der Waals surface area contributed by atoms with Crippen LogP contribution in [0.2, 0.25) is 0 Å². The fourth-order valence-corrected chi connectivity index (χ4v) is 2.49. The minimum Gasteiger partial charge on any atom is -0.316 e. The molecule has 1 aliphatic heterocycles. The highest BCUT2D eigenvalue weighted by molar-refractivity contribution is 4.83. The Balaban J connectivity index is 2.43. The molecule has 90 valence electrons. The summed E-state index contributed by atoms with van der Waals surface area (Å²) in [5.74, 6) is 1.71. The van der Waals surface area contributed by atoms with Crippen molar-refractivity contribution in [1.82, 2.24) is 10.2 Å². The molecular formula is C13H28N2. The number of piperidine rings is 1. The van der Waals surface area contributed by atoms with Crippen LogP contribution >= 0.6 is 0 Å². The van der Waals surface area contributed by atoms with Crippen molar-refractivity contribution >= 4 is 0 Å². The number of likely N-dealkylation sites (N-methyl/N-ethyl adjacent to an activating group) is 1. The minimum atomic E-state index is 0.711. The van der Waals surface area contributed by atoms with Crippen LogP contribution in [-0.4, -0.2) is 37.6 Å². The summed E-state index contributed by atoms with van der Waals surface area (Å²) in [7, 11) is 2.10. The summed E-state index contributed by atoms with van der Waals surface area (Å²) < 4.78 is 0. The van der Waals surface area contributed by atoms with Gasteiger partial charge in [-0.2, -0.15) is 0 Å². The van der Waals surface area contributed by atoms with Crippen LogP contribution in [0.3, 0.4) is 0 Å². The molecule has 2 heteroatoms. The number of rotatable bonds is 5. The zero-order valence-corrected chi connectivity index (χ0v) is 10.9. The Morgan fingerprint density at radius 1 is 1.33 bits per heavy atom. The van der Waals surface area contributed by atoms with Gasteiger partial charge in [-0.25, -0.2) is 0 Å². The molecule has 1 fully saturated rings. The molecule has 1 saturated heterocycles. The van der Waals surface area contributed by atoms with Crippen molar-refractivity contribution < 1.29 is 0 Å². The molecule has 1 N–H and O–H groups in total. The van der Waals surface area contributed by atoms with Gasteiger partial charge in [0, 0.05) is 19.1 Å². The largest absolute Gasteiger partial charge is 0.316 e. The fourth-order valence-electron chi connectivity index (χ4n) is 2.49. The molecule has 0 aromatic carbocycles. The number of hydrogen-bond donors (Lipinski definition) is 1. The highest BCUT2D eigenvalue weighted by Crippen LogP contribution is 2.23. The molecule has 0 bridgehead atoms. The van der Waals surface area contributed by atoms with Crippen LogP contribution in [0.15, 0.2) is 0 Å². The minimum absolute atomic E-state index is 0.711. The molecular weight excluding hydrogens is 184 g/mol. The van der Waals surface area contributed by atoms with Crippen molar-refractivity contribution in [2.24, 2.45) is 11.8 Å². The van der Waals surface area contributed by atoms with E-state index in [1.807, 2.05) is 0 Å². The highest BCUT2D eigenvalue weighted by atomic mass is 15.2. The molecule has 1 heterocycles. The van der Waals surface area contributed by atoms with Gasteiger partial charge in [0.2, 0.25) is 0 Å². The van der Waals surface area contributed by atoms with Crippen molar-refractivity contribution in [2.45, 2.75) is 46.1 Å². The van der Waals surface area contributed by atoms with Gasteiger partial charge in [-0.3, -0.25) is 0 Å². The lowest BCUT2D eigenvalue weighted by atomic mass is 9.85. The average molecular weight is 212 g/mol. The van der Waals surface area contributed by atoms with Crippen molar-refractivity contribution in [3.63, 3.8) is 0 Å². The van der Waals surface area contributed by atoms with Gasteiger partial charge in [-0.05, 0) is 38.3 Å². The number of nitrogens with zero attached hydrogens (tertiary/aromatic N) is 1. The van der Waals surface area contributed by atoms with E-state index in [4.69, 9.17) is 0 Å². The first-order valence-electron chi connectivity index (χ1n) is 6.57. The van der Waals surface area contributed by atoms with Crippen LogP contribution < -0.4 is 5.32 Å². The third-order valence-corrected chi connectivity index (χ3v) is 3.74. The highest BCUT2D eigenvalue weighted by Gasteiger charge is 2.27. The van der Waals surface area contributed by atoms with E-state index < -0.39 is 0 Å². The van der Waals surface area contributed by atoms with Gasteiger partial charge in [0.05, 0.1) is 0 Å². The molecule has 1 aliphatic rings. The maximum Gasteiger partial charge on any atom is 0.0195 e. The summed E-state index contributed by atoms with van der Waals surface area (Å²) >= 11 is 0. The first kappa shape index (κ1) is 13.0. The van der Waals surface area contributed by atoms with Gasteiger partial charge in [0.15, 0.2) is 0 Å². The SMILES string of the molecule is CCCCN1CC(NC)CC(C(C)C)C1. The molecule has 2 unspecified atom stereocenters. The van der Waals surface area contributed by atoms with Gasteiger partial charge in [-0.15, -0.1) is 0 Å². The van der Waals surface area contributed by atoms with Crippen LogP contribution in [0.1, 0.15) is 40.0 Å². The lowest BCUT2D eigenvalue weighted by molar-refractivity contribution is 0.117. The van der Waals surface area contributed by atoms with E-state index in [9.17, 15) is 0 Å². The monoisotopic (exact) mass is 212 g/mol. The molecule has 1 rings (SSSR count). The molecule has 0 amide bonds. The van der Waals surface area contributed by atoms with E-state index in [0.29, 0.717) is 6.04 Å². The second kappa shape index (κ2) is 6.49. The normalized spacial score (nSPS) is 28.6. The lowest BCUT2D eigenvalue weighted by Gasteiger charge is -2.39. The summed E-state index contributed by atoms with van der Waals surface area (Å²) in [6.45, 7) is 10.9. The Morgan fingerprint density at radius 3 is 2.60 bits per heavy atom. The quantitative estimate of drug-likeness (QED) is 0.752. The summed E-state index contributed by atoms with van der Waals surface area (Å²) in [5, 5.41) is 3.45. The van der Waals surface area contributed by atoms with E-state index in [2.05, 4.69) is 38.0 Å². The molecule has 2 atom stereocenters. The number of hydrogen-bond acceptors (Lipinski definition) is 2. The van der Waals surface area contributed by atoms with Crippen LogP contribution in [0.25, 0.3) is 0 Å². The first-order valence-corrected chi connectivity index (χ1v) is 6.57. The molecule has 0 spiro atoms. The molecule has 0 aromatic heterocycles. The predicted octanol–water partition coefficient (Wildman–Crippen LogP) is 2.35. The van der Waals surface area contributed by atoms with Gasteiger partial charge in [0.1, 0.15) is 0 Å². The maximum atomic E-state index is 3.45. The summed E-state index contributed by atoms with van der Waals surface area (Å²) in [6, 6.07) is 0.711. The number of likely N-dealkylation sites (tertiary alicyclic amines) is 1. The van der Waals surface area contributed by atoms with E-state index in [-0.39, 0.29) is 0 Å². The third kappa shape index (κ3) is 4.12. The second-order valence-electron chi connectivity index (χ2n) is 5.34. The maximum absolute atomic E-state index is 3.45.